The molecule has 0 saturated heterocycles. The first kappa shape index (κ1) is 12.3. The quantitative estimate of drug-likeness (QED) is 0.805. The zero-order chi connectivity index (χ0) is 13.8. The SMILES string of the molecule is CC1(C)C(Nc2ccc(N)c3ccncc23)C1(C)C. The Hall–Kier alpha value is -1.77. The van der Waals surface area contributed by atoms with E-state index in [-0.39, 0.29) is 0 Å². The predicted molar refractivity (Wildman–Crippen MR) is 81.1 cm³/mol. The third-order valence-corrected chi connectivity index (χ3v) is 5.17. The van der Waals surface area contributed by atoms with Crippen LogP contribution in [0.1, 0.15) is 27.7 Å². The number of nitrogens with one attached hydrogen (secondary N) is 1. The van der Waals surface area contributed by atoms with Crippen molar-refractivity contribution < 1.29 is 0 Å². The van der Waals surface area contributed by atoms with Gasteiger partial charge in [0.2, 0.25) is 0 Å². The number of nitrogen functional groups attached to an aromatic ring is 1. The average Bonchev–Trinajstić information content (AvgIpc) is 2.75. The molecule has 1 saturated carbocycles. The van der Waals surface area contributed by atoms with Crippen LogP contribution in [0.15, 0.2) is 30.6 Å². The molecule has 1 aliphatic rings. The van der Waals surface area contributed by atoms with Crippen molar-refractivity contribution >= 4 is 22.1 Å². The molecule has 3 rings (SSSR count). The summed E-state index contributed by atoms with van der Waals surface area (Å²) in [7, 11) is 0. The first-order valence-electron chi connectivity index (χ1n) is 6.74. The van der Waals surface area contributed by atoms with Crippen LogP contribution >= 0.6 is 0 Å². The molecule has 0 radical (unpaired) electrons. The highest BCUT2D eigenvalue weighted by molar-refractivity contribution is 6.00. The molecular weight excluding hydrogens is 234 g/mol. The number of pyridine rings is 1. The molecule has 1 aliphatic carbocycles. The largest absolute Gasteiger partial charge is 0.398 e. The van der Waals surface area contributed by atoms with Gasteiger partial charge in [-0.2, -0.15) is 0 Å². The van der Waals surface area contributed by atoms with Crippen LogP contribution in [-0.4, -0.2) is 11.0 Å². The van der Waals surface area contributed by atoms with Crippen molar-refractivity contribution in [2.24, 2.45) is 10.8 Å². The summed E-state index contributed by atoms with van der Waals surface area (Å²) in [4.78, 5) is 4.22. The van der Waals surface area contributed by atoms with Gasteiger partial charge in [0.05, 0.1) is 0 Å². The molecule has 1 aromatic heterocycles. The van der Waals surface area contributed by atoms with E-state index in [1.165, 1.54) is 0 Å². The Balaban J connectivity index is 2.02. The maximum absolute atomic E-state index is 6.02. The zero-order valence-electron chi connectivity index (χ0n) is 12.0. The third-order valence-electron chi connectivity index (χ3n) is 5.17. The number of anilines is 2. The lowest BCUT2D eigenvalue weighted by molar-refractivity contribution is 0.457. The highest BCUT2D eigenvalue weighted by Crippen LogP contribution is 2.63. The van der Waals surface area contributed by atoms with E-state index < -0.39 is 0 Å². The van der Waals surface area contributed by atoms with Crippen LogP contribution < -0.4 is 11.1 Å². The van der Waals surface area contributed by atoms with Gasteiger partial charge in [-0.05, 0) is 29.0 Å². The molecule has 100 valence electrons. The third kappa shape index (κ3) is 1.61. The van der Waals surface area contributed by atoms with Gasteiger partial charge in [0.1, 0.15) is 0 Å². The number of nitrogens with two attached hydrogens (primary N) is 1. The summed E-state index contributed by atoms with van der Waals surface area (Å²) < 4.78 is 0. The van der Waals surface area contributed by atoms with Crippen LogP contribution in [0.3, 0.4) is 0 Å². The first-order valence-corrected chi connectivity index (χ1v) is 6.74. The molecule has 3 heteroatoms. The molecule has 1 heterocycles. The Kier molecular flexibility index (Phi) is 2.34. The lowest BCUT2D eigenvalue weighted by Gasteiger charge is -2.12. The van der Waals surface area contributed by atoms with E-state index in [9.17, 15) is 0 Å². The first-order chi connectivity index (χ1) is 8.85. The molecule has 0 atom stereocenters. The molecule has 1 fully saturated rings. The van der Waals surface area contributed by atoms with Gasteiger partial charge in [-0.15, -0.1) is 0 Å². The fraction of sp³-hybridized carbons (Fsp3) is 0.438. The summed E-state index contributed by atoms with van der Waals surface area (Å²) in [6.07, 6.45) is 3.67. The summed E-state index contributed by atoms with van der Waals surface area (Å²) >= 11 is 0. The van der Waals surface area contributed by atoms with Crippen LogP contribution in [0.5, 0.6) is 0 Å². The summed E-state index contributed by atoms with van der Waals surface area (Å²) in [5, 5.41) is 5.84. The van der Waals surface area contributed by atoms with Crippen molar-refractivity contribution in [1.82, 2.24) is 4.98 Å². The van der Waals surface area contributed by atoms with Gasteiger partial charge in [0, 0.05) is 40.6 Å². The average molecular weight is 255 g/mol. The molecule has 0 unspecified atom stereocenters. The Morgan fingerprint density at radius 1 is 1.05 bits per heavy atom. The number of rotatable bonds is 2. The fourth-order valence-electron chi connectivity index (χ4n) is 3.05. The molecule has 3 N–H and O–H groups in total. The summed E-state index contributed by atoms with van der Waals surface area (Å²) in [5.41, 5.74) is 8.57. The highest BCUT2D eigenvalue weighted by Gasteiger charge is 2.64. The summed E-state index contributed by atoms with van der Waals surface area (Å²) in [6, 6.07) is 6.47. The van der Waals surface area contributed by atoms with E-state index in [0.29, 0.717) is 16.9 Å². The number of hydrogen-bond donors (Lipinski definition) is 2. The van der Waals surface area contributed by atoms with Crippen LogP contribution in [0.25, 0.3) is 10.8 Å². The van der Waals surface area contributed by atoms with E-state index in [1.54, 1.807) is 6.20 Å². The van der Waals surface area contributed by atoms with Crippen LogP contribution in [0, 0.1) is 10.8 Å². The Bertz CT molecular complexity index is 629. The van der Waals surface area contributed by atoms with Gasteiger partial charge in [0.15, 0.2) is 0 Å². The fourth-order valence-corrected chi connectivity index (χ4v) is 3.05. The topological polar surface area (TPSA) is 50.9 Å². The standard InChI is InChI=1S/C16H21N3/c1-15(2)14(16(15,3)4)19-13-6-5-12(17)10-7-8-18-9-11(10)13/h5-9,14,19H,17H2,1-4H3. The molecule has 0 spiro atoms. The van der Waals surface area contributed by atoms with Crippen molar-refractivity contribution in [2.75, 3.05) is 11.1 Å². The second-order valence-corrected chi connectivity index (χ2v) is 6.64. The smallest absolute Gasteiger partial charge is 0.0439 e. The van der Waals surface area contributed by atoms with Gasteiger partial charge in [-0.3, -0.25) is 4.98 Å². The summed E-state index contributed by atoms with van der Waals surface area (Å²) in [6.45, 7) is 9.23. The van der Waals surface area contributed by atoms with Gasteiger partial charge >= 0.3 is 0 Å². The molecule has 1 aromatic carbocycles. The molecule has 0 amide bonds. The lowest BCUT2D eigenvalue weighted by atomic mass is 10.0. The second kappa shape index (κ2) is 3.62. The number of aromatic nitrogens is 1. The number of benzene rings is 1. The van der Waals surface area contributed by atoms with Crippen molar-refractivity contribution in [3.8, 4) is 0 Å². The van der Waals surface area contributed by atoms with E-state index in [0.717, 1.165) is 22.1 Å². The summed E-state index contributed by atoms with van der Waals surface area (Å²) in [5.74, 6) is 0. The Morgan fingerprint density at radius 2 is 1.74 bits per heavy atom. The van der Waals surface area contributed by atoms with Gasteiger partial charge in [-0.1, -0.05) is 27.7 Å². The van der Waals surface area contributed by atoms with Gasteiger partial charge < -0.3 is 11.1 Å². The number of nitrogens with zero attached hydrogens (tertiary/aromatic N) is 1. The minimum Gasteiger partial charge on any atom is -0.398 e. The van der Waals surface area contributed by atoms with Crippen LogP contribution in [-0.2, 0) is 0 Å². The molecule has 2 aromatic rings. The van der Waals surface area contributed by atoms with Crippen LogP contribution in [0.2, 0.25) is 0 Å². The number of fused-ring (bicyclic) bond motifs is 1. The van der Waals surface area contributed by atoms with Crippen molar-refractivity contribution in [2.45, 2.75) is 33.7 Å². The minimum atomic E-state index is 0.308. The van der Waals surface area contributed by atoms with E-state index in [1.807, 2.05) is 18.3 Å². The van der Waals surface area contributed by atoms with Crippen molar-refractivity contribution in [1.29, 1.82) is 0 Å². The maximum Gasteiger partial charge on any atom is 0.0439 e. The molecule has 3 nitrogen and oxygen atoms in total. The van der Waals surface area contributed by atoms with Gasteiger partial charge in [-0.25, -0.2) is 0 Å². The number of hydrogen-bond acceptors (Lipinski definition) is 3. The van der Waals surface area contributed by atoms with E-state index >= 15 is 0 Å². The molecule has 0 bridgehead atoms. The monoisotopic (exact) mass is 255 g/mol. The van der Waals surface area contributed by atoms with Crippen molar-refractivity contribution in [3.63, 3.8) is 0 Å². The molecule has 0 aliphatic heterocycles. The van der Waals surface area contributed by atoms with Crippen molar-refractivity contribution in [3.05, 3.63) is 30.6 Å². The van der Waals surface area contributed by atoms with Gasteiger partial charge in [0.25, 0.3) is 0 Å². The normalized spacial score (nSPS) is 20.4. The highest BCUT2D eigenvalue weighted by atomic mass is 15.0. The molecule has 19 heavy (non-hydrogen) atoms. The maximum atomic E-state index is 6.02. The second-order valence-electron chi connectivity index (χ2n) is 6.64. The van der Waals surface area contributed by atoms with E-state index in [2.05, 4.69) is 44.1 Å². The van der Waals surface area contributed by atoms with Crippen LogP contribution in [0.4, 0.5) is 11.4 Å². The predicted octanol–water partition coefficient (Wildman–Crippen LogP) is 3.66. The Labute approximate surface area is 114 Å². The zero-order valence-corrected chi connectivity index (χ0v) is 12.0. The lowest BCUT2D eigenvalue weighted by Crippen LogP contribution is -2.10. The van der Waals surface area contributed by atoms with E-state index in [4.69, 9.17) is 5.73 Å². The Morgan fingerprint density at radius 3 is 2.37 bits per heavy atom. The minimum absolute atomic E-state index is 0.308. The molecular formula is C16H21N3.